The third kappa shape index (κ3) is 6.20. The van der Waals surface area contributed by atoms with E-state index in [2.05, 4.69) is 15.0 Å². The lowest BCUT2D eigenvalue weighted by atomic mass is 10.1. The number of nitro groups is 1. The molecule has 0 saturated heterocycles. The monoisotopic (exact) mass is 450 g/mol. The molecule has 1 unspecified atom stereocenters. The summed E-state index contributed by atoms with van der Waals surface area (Å²) in [7, 11) is -3.63. The maximum absolute atomic E-state index is 12.6. The summed E-state index contributed by atoms with van der Waals surface area (Å²) >= 11 is 0. The summed E-state index contributed by atoms with van der Waals surface area (Å²) in [5.41, 5.74) is 1.04. The first-order chi connectivity index (χ1) is 13.8. The van der Waals surface area contributed by atoms with E-state index in [1.165, 1.54) is 12.1 Å². The second-order valence-electron chi connectivity index (χ2n) is 6.78. The molecule has 8 nitrogen and oxygen atoms in total. The van der Waals surface area contributed by atoms with Crippen molar-refractivity contribution in [2.75, 3.05) is 13.1 Å². The highest BCUT2D eigenvalue weighted by molar-refractivity contribution is 7.89. The van der Waals surface area contributed by atoms with E-state index in [-0.39, 0.29) is 29.0 Å². The molecule has 0 fully saturated rings. The lowest BCUT2D eigenvalue weighted by Crippen LogP contribution is -2.40. The fourth-order valence-corrected chi connectivity index (χ4v) is 4.22. The van der Waals surface area contributed by atoms with Gasteiger partial charge >= 0.3 is 0 Å². The molecule has 1 atom stereocenters. The quantitative estimate of drug-likeness (QED) is 0.294. The van der Waals surface area contributed by atoms with Crippen LogP contribution in [0, 0.1) is 10.1 Å². The van der Waals surface area contributed by atoms with Gasteiger partial charge in [-0.2, -0.15) is 0 Å². The number of sulfonamides is 1. The van der Waals surface area contributed by atoms with E-state index in [9.17, 15) is 18.5 Å². The van der Waals surface area contributed by atoms with Crippen LogP contribution < -0.4 is 10.0 Å². The number of benzene rings is 2. The van der Waals surface area contributed by atoms with Gasteiger partial charge in [0.15, 0.2) is 0 Å². The second kappa shape index (κ2) is 10.4. The molecule has 1 aromatic heterocycles. The van der Waals surface area contributed by atoms with Gasteiger partial charge < -0.3 is 5.32 Å². The van der Waals surface area contributed by atoms with E-state index in [1.807, 2.05) is 0 Å². The van der Waals surface area contributed by atoms with Gasteiger partial charge in [-0.1, -0.05) is 18.2 Å². The van der Waals surface area contributed by atoms with E-state index in [4.69, 9.17) is 0 Å². The fourth-order valence-electron chi connectivity index (χ4n) is 2.94. The number of nitrogens with one attached hydrogen (secondary N) is 2. The van der Waals surface area contributed by atoms with Gasteiger partial charge in [0, 0.05) is 42.5 Å². The summed E-state index contributed by atoms with van der Waals surface area (Å²) < 4.78 is 27.9. The van der Waals surface area contributed by atoms with Crippen LogP contribution in [0.4, 0.5) is 5.69 Å². The van der Waals surface area contributed by atoms with Crippen LogP contribution in [0.3, 0.4) is 0 Å². The molecule has 0 spiro atoms. The van der Waals surface area contributed by atoms with E-state index < -0.39 is 14.9 Å². The molecule has 3 rings (SSSR count). The molecule has 0 amide bonds. The fraction of sp³-hybridized carbons (Fsp3) is 0.250. The van der Waals surface area contributed by atoms with E-state index >= 15 is 0 Å². The third-order valence-electron chi connectivity index (χ3n) is 4.47. The number of aromatic nitrogens is 1. The van der Waals surface area contributed by atoms with Crippen LogP contribution in [0.15, 0.2) is 65.8 Å². The van der Waals surface area contributed by atoms with E-state index in [0.717, 1.165) is 16.3 Å². The Morgan fingerprint density at radius 1 is 1.10 bits per heavy atom. The Hall–Kier alpha value is -2.59. The minimum atomic E-state index is -3.63. The van der Waals surface area contributed by atoms with Crippen LogP contribution in [0.2, 0.25) is 0 Å². The lowest BCUT2D eigenvalue weighted by Gasteiger charge is -2.15. The Bertz CT molecular complexity index is 1110. The Balaban J connectivity index is 0.00000320. The van der Waals surface area contributed by atoms with Crippen LogP contribution in [0.1, 0.15) is 12.5 Å². The van der Waals surface area contributed by atoms with Gasteiger partial charge in [-0.05, 0) is 49.0 Å². The first-order valence-electron chi connectivity index (χ1n) is 9.15. The van der Waals surface area contributed by atoms with Crippen LogP contribution in [0.25, 0.3) is 10.8 Å². The normalized spacial score (nSPS) is 12.3. The standard InChI is InChI=1S/C20H22N4O4S.ClH/c1-15(13-21-10-8-16-2-5-19(6-3-16)24(25)26)23-29(27,28)20-7-4-18-14-22-11-9-17(18)12-20;/h2-7,9,11-12,14-15,21,23H,8,10,13H2,1H3;1H. The lowest BCUT2D eigenvalue weighted by molar-refractivity contribution is -0.384. The second-order valence-corrected chi connectivity index (χ2v) is 8.50. The molecule has 2 aromatic carbocycles. The van der Waals surface area contributed by atoms with Gasteiger partial charge in [-0.3, -0.25) is 15.1 Å². The van der Waals surface area contributed by atoms with Crippen molar-refractivity contribution in [2.24, 2.45) is 0 Å². The summed E-state index contributed by atoms with van der Waals surface area (Å²) in [5.74, 6) is 0. The van der Waals surface area contributed by atoms with Crippen molar-refractivity contribution >= 4 is 38.9 Å². The molecule has 3 aromatic rings. The molecule has 0 aliphatic heterocycles. The summed E-state index contributed by atoms with van der Waals surface area (Å²) in [6.07, 6.45) is 4.01. The van der Waals surface area contributed by atoms with Crippen molar-refractivity contribution in [2.45, 2.75) is 24.3 Å². The van der Waals surface area contributed by atoms with Crippen molar-refractivity contribution in [3.63, 3.8) is 0 Å². The molecule has 0 bridgehead atoms. The number of nitro benzene ring substituents is 1. The predicted molar refractivity (Wildman–Crippen MR) is 118 cm³/mol. The molecule has 1 heterocycles. The number of hydrogen-bond acceptors (Lipinski definition) is 6. The van der Waals surface area contributed by atoms with Crippen LogP contribution in [0.5, 0.6) is 0 Å². The number of rotatable bonds is 9. The molecule has 10 heteroatoms. The number of halogens is 1. The molecule has 0 radical (unpaired) electrons. The number of hydrogen-bond donors (Lipinski definition) is 2. The van der Waals surface area contributed by atoms with Crippen molar-refractivity contribution in [3.8, 4) is 0 Å². The SMILES string of the molecule is CC(CNCCc1ccc([N+](=O)[O-])cc1)NS(=O)(=O)c1ccc2cnccc2c1.Cl. The zero-order valence-electron chi connectivity index (χ0n) is 16.3. The van der Waals surface area contributed by atoms with Gasteiger partial charge in [0.2, 0.25) is 10.0 Å². The molecular formula is C20H23ClN4O4S. The first-order valence-corrected chi connectivity index (χ1v) is 10.6. The maximum atomic E-state index is 12.6. The molecule has 0 aliphatic rings. The van der Waals surface area contributed by atoms with Gasteiger partial charge in [-0.15, -0.1) is 12.4 Å². The Kier molecular flexibility index (Phi) is 8.24. The molecule has 0 aliphatic carbocycles. The Morgan fingerprint density at radius 2 is 1.83 bits per heavy atom. The van der Waals surface area contributed by atoms with Gasteiger partial charge in [0.1, 0.15) is 0 Å². The van der Waals surface area contributed by atoms with Crippen LogP contribution >= 0.6 is 12.4 Å². The third-order valence-corrected chi connectivity index (χ3v) is 6.05. The summed E-state index contributed by atoms with van der Waals surface area (Å²) in [4.78, 5) is 14.5. The summed E-state index contributed by atoms with van der Waals surface area (Å²) in [5, 5.41) is 15.6. The topological polar surface area (TPSA) is 114 Å². The van der Waals surface area contributed by atoms with Crippen molar-refractivity contribution in [1.82, 2.24) is 15.0 Å². The van der Waals surface area contributed by atoms with E-state index in [0.29, 0.717) is 19.5 Å². The molecular weight excluding hydrogens is 428 g/mol. The Morgan fingerprint density at radius 3 is 2.53 bits per heavy atom. The highest BCUT2D eigenvalue weighted by Crippen LogP contribution is 2.18. The smallest absolute Gasteiger partial charge is 0.269 e. The van der Waals surface area contributed by atoms with Gasteiger partial charge in [-0.25, -0.2) is 13.1 Å². The molecule has 160 valence electrons. The Labute approximate surface area is 181 Å². The van der Waals surface area contributed by atoms with Crippen molar-refractivity contribution < 1.29 is 13.3 Å². The van der Waals surface area contributed by atoms with Crippen molar-refractivity contribution in [3.05, 3.63) is 76.6 Å². The highest BCUT2D eigenvalue weighted by Gasteiger charge is 2.17. The average Bonchev–Trinajstić information content (AvgIpc) is 2.71. The maximum Gasteiger partial charge on any atom is 0.269 e. The highest BCUT2D eigenvalue weighted by atomic mass is 35.5. The van der Waals surface area contributed by atoms with Gasteiger partial charge in [0.05, 0.1) is 9.82 Å². The largest absolute Gasteiger partial charge is 0.315 e. The molecule has 2 N–H and O–H groups in total. The minimum absolute atomic E-state index is 0. The van der Waals surface area contributed by atoms with E-state index in [1.54, 1.807) is 55.7 Å². The van der Waals surface area contributed by atoms with Crippen molar-refractivity contribution in [1.29, 1.82) is 0 Å². The number of pyridine rings is 1. The summed E-state index contributed by atoms with van der Waals surface area (Å²) in [6.45, 7) is 2.89. The number of fused-ring (bicyclic) bond motifs is 1. The zero-order chi connectivity index (χ0) is 20.9. The first kappa shape index (κ1) is 23.7. The molecule has 0 saturated carbocycles. The zero-order valence-corrected chi connectivity index (χ0v) is 17.9. The molecule has 30 heavy (non-hydrogen) atoms. The van der Waals surface area contributed by atoms with Gasteiger partial charge in [0.25, 0.3) is 5.69 Å². The minimum Gasteiger partial charge on any atom is -0.315 e. The summed E-state index contributed by atoms with van der Waals surface area (Å²) in [6, 6.07) is 12.8. The number of nitrogens with zero attached hydrogens (tertiary/aromatic N) is 2. The van der Waals surface area contributed by atoms with Crippen LogP contribution in [-0.4, -0.2) is 37.5 Å². The number of non-ortho nitro benzene ring substituents is 1. The predicted octanol–water partition coefficient (Wildman–Crippen LogP) is 3.06. The van der Waals surface area contributed by atoms with Crippen LogP contribution in [-0.2, 0) is 16.4 Å². The average molecular weight is 451 g/mol.